The molecule has 0 unspecified atom stereocenters. The number of nitrogens with one attached hydrogen (secondary N) is 1. The van der Waals surface area contributed by atoms with Gasteiger partial charge in [-0.2, -0.15) is 0 Å². The summed E-state index contributed by atoms with van der Waals surface area (Å²) in [5.41, 5.74) is 4.46. The number of hydrogen-bond donors (Lipinski definition) is 2. The number of likely N-dealkylation sites (tertiary alicyclic amines) is 1. The van der Waals surface area contributed by atoms with Crippen LogP contribution in [0.25, 0.3) is 11.1 Å². The number of carbonyl (C=O) groups is 3. The summed E-state index contributed by atoms with van der Waals surface area (Å²) >= 11 is 0. The number of hydrogen-bond acceptors (Lipinski definition) is 5. The van der Waals surface area contributed by atoms with Crippen LogP contribution in [0.5, 0.6) is 0 Å². The van der Waals surface area contributed by atoms with E-state index in [-0.39, 0.29) is 32.1 Å². The fourth-order valence-electron chi connectivity index (χ4n) is 4.40. The summed E-state index contributed by atoms with van der Waals surface area (Å²) in [4.78, 5) is 37.2. The maximum atomic E-state index is 12.5. The molecule has 1 heterocycles. The molecule has 2 N–H and O–H groups in total. The van der Waals surface area contributed by atoms with Crippen molar-refractivity contribution in [2.45, 2.75) is 24.4 Å². The first-order valence-electron chi connectivity index (χ1n) is 10.4. The Labute approximate surface area is 185 Å². The Morgan fingerprint density at radius 3 is 2.28 bits per heavy atom. The minimum Gasteiger partial charge on any atom is -0.480 e. The predicted octanol–water partition coefficient (Wildman–Crippen LogP) is 3.38. The molecular formula is C24H24N2O6. The lowest BCUT2D eigenvalue weighted by Gasteiger charge is -2.20. The van der Waals surface area contributed by atoms with Gasteiger partial charge < -0.3 is 19.9 Å². The van der Waals surface area contributed by atoms with E-state index in [9.17, 15) is 19.5 Å². The first-order chi connectivity index (χ1) is 15.5. The zero-order chi connectivity index (χ0) is 22.7. The molecule has 2 amide bonds. The molecule has 0 radical (unpaired) electrons. The molecule has 1 saturated heterocycles. The summed E-state index contributed by atoms with van der Waals surface area (Å²) < 4.78 is 10.5. The summed E-state index contributed by atoms with van der Waals surface area (Å²) in [6, 6.07) is 14.4. The van der Waals surface area contributed by atoms with Crippen molar-refractivity contribution in [3.05, 3.63) is 72.3 Å². The number of aliphatic carboxylic acids is 1. The van der Waals surface area contributed by atoms with Crippen molar-refractivity contribution >= 4 is 18.2 Å². The topological polar surface area (TPSA) is 105 Å². The molecule has 1 fully saturated rings. The van der Waals surface area contributed by atoms with Crippen LogP contribution in [0, 0.1) is 0 Å². The SMILES string of the molecule is C=CCOC(=O)N1C[C@@H](NC(=O)OCC2c3ccccc3-c3ccccc32)C[C@H]1C(=O)O. The standard InChI is InChI=1S/C24H24N2O6/c1-2-11-31-24(30)26-13-15(12-21(26)22(27)28)25-23(29)32-14-20-18-9-5-3-7-16(18)17-8-4-6-10-19(17)20/h2-10,15,20-21H,1,11-14H2,(H,25,29)(H,27,28)/t15-,21-/m0/s1. The predicted molar refractivity (Wildman–Crippen MR) is 116 cm³/mol. The molecular weight excluding hydrogens is 412 g/mol. The van der Waals surface area contributed by atoms with Gasteiger partial charge in [0.25, 0.3) is 0 Å². The number of carboxylic acids is 1. The van der Waals surface area contributed by atoms with Gasteiger partial charge in [-0.25, -0.2) is 14.4 Å². The van der Waals surface area contributed by atoms with Crippen LogP contribution >= 0.6 is 0 Å². The van der Waals surface area contributed by atoms with Gasteiger partial charge in [-0.05, 0) is 22.3 Å². The van der Waals surface area contributed by atoms with E-state index in [0.29, 0.717) is 0 Å². The number of rotatable bonds is 6. The molecule has 166 valence electrons. The van der Waals surface area contributed by atoms with Crippen molar-refractivity contribution in [2.75, 3.05) is 19.8 Å². The molecule has 2 atom stereocenters. The summed E-state index contributed by atoms with van der Waals surface area (Å²) in [5, 5.41) is 12.1. The highest BCUT2D eigenvalue weighted by Gasteiger charge is 2.41. The van der Waals surface area contributed by atoms with Crippen LogP contribution in [0.2, 0.25) is 0 Å². The molecule has 0 saturated carbocycles. The quantitative estimate of drug-likeness (QED) is 0.673. The maximum Gasteiger partial charge on any atom is 0.410 e. The Hall–Kier alpha value is -3.81. The van der Waals surface area contributed by atoms with E-state index in [0.717, 1.165) is 27.2 Å². The summed E-state index contributed by atoms with van der Waals surface area (Å²) in [5.74, 6) is -1.23. The maximum absolute atomic E-state index is 12.5. The van der Waals surface area contributed by atoms with Crippen molar-refractivity contribution in [3.63, 3.8) is 0 Å². The number of fused-ring (bicyclic) bond motifs is 3. The number of amides is 2. The normalized spacial score (nSPS) is 19.1. The lowest BCUT2D eigenvalue weighted by Crippen LogP contribution is -2.42. The molecule has 1 aliphatic heterocycles. The van der Waals surface area contributed by atoms with Crippen molar-refractivity contribution < 1.29 is 29.0 Å². The van der Waals surface area contributed by atoms with Crippen molar-refractivity contribution in [3.8, 4) is 11.1 Å². The van der Waals surface area contributed by atoms with Crippen molar-refractivity contribution in [2.24, 2.45) is 0 Å². The number of carboxylic acid groups (broad SMARTS) is 1. The molecule has 2 aromatic carbocycles. The second-order valence-electron chi connectivity index (χ2n) is 7.77. The van der Waals surface area contributed by atoms with E-state index in [1.54, 1.807) is 0 Å². The van der Waals surface area contributed by atoms with Crippen LogP contribution in [-0.4, -0.2) is 60.0 Å². The number of nitrogens with zero attached hydrogens (tertiary/aromatic N) is 1. The minimum atomic E-state index is -1.16. The van der Waals surface area contributed by atoms with E-state index >= 15 is 0 Å². The van der Waals surface area contributed by atoms with Gasteiger partial charge in [-0.3, -0.25) is 4.90 Å². The van der Waals surface area contributed by atoms with Crippen LogP contribution in [0.15, 0.2) is 61.2 Å². The molecule has 0 aromatic heterocycles. The van der Waals surface area contributed by atoms with Gasteiger partial charge >= 0.3 is 18.2 Å². The highest BCUT2D eigenvalue weighted by molar-refractivity contribution is 5.81. The first-order valence-corrected chi connectivity index (χ1v) is 10.4. The molecule has 2 aliphatic rings. The molecule has 8 nitrogen and oxygen atoms in total. The summed E-state index contributed by atoms with van der Waals surface area (Å²) in [6.45, 7) is 3.62. The third kappa shape index (κ3) is 4.16. The molecule has 8 heteroatoms. The van der Waals surface area contributed by atoms with Crippen LogP contribution in [0.4, 0.5) is 9.59 Å². The Morgan fingerprint density at radius 2 is 1.69 bits per heavy atom. The number of benzene rings is 2. The molecule has 32 heavy (non-hydrogen) atoms. The Kier molecular flexibility index (Phi) is 6.11. The van der Waals surface area contributed by atoms with Gasteiger partial charge in [0.15, 0.2) is 0 Å². The lowest BCUT2D eigenvalue weighted by atomic mass is 9.98. The van der Waals surface area contributed by atoms with Crippen LogP contribution < -0.4 is 5.32 Å². The zero-order valence-corrected chi connectivity index (χ0v) is 17.4. The Bertz CT molecular complexity index is 1010. The highest BCUT2D eigenvalue weighted by Crippen LogP contribution is 2.44. The lowest BCUT2D eigenvalue weighted by molar-refractivity contribution is -0.141. The number of carbonyl (C=O) groups excluding carboxylic acids is 2. The van der Waals surface area contributed by atoms with Crippen molar-refractivity contribution in [1.29, 1.82) is 0 Å². The Morgan fingerprint density at radius 1 is 1.06 bits per heavy atom. The smallest absolute Gasteiger partial charge is 0.410 e. The minimum absolute atomic E-state index is 0.0217. The van der Waals surface area contributed by atoms with E-state index in [1.807, 2.05) is 36.4 Å². The second kappa shape index (κ2) is 9.13. The van der Waals surface area contributed by atoms with Crippen molar-refractivity contribution in [1.82, 2.24) is 10.2 Å². The van der Waals surface area contributed by atoms with Gasteiger partial charge in [0.1, 0.15) is 19.3 Å². The largest absolute Gasteiger partial charge is 0.480 e. The van der Waals surface area contributed by atoms with E-state index in [1.165, 1.54) is 6.08 Å². The van der Waals surface area contributed by atoms with E-state index < -0.39 is 30.2 Å². The Balaban J connectivity index is 1.38. The molecule has 2 aromatic rings. The third-order valence-corrected chi connectivity index (χ3v) is 5.81. The van der Waals surface area contributed by atoms with Crippen LogP contribution in [-0.2, 0) is 14.3 Å². The number of alkyl carbamates (subject to hydrolysis) is 1. The van der Waals surface area contributed by atoms with E-state index in [4.69, 9.17) is 9.47 Å². The van der Waals surface area contributed by atoms with Gasteiger partial charge in [0.2, 0.25) is 0 Å². The highest BCUT2D eigenvalue weighted by atomic mass is 16.6. The van der Waals surface area contributed by atoms with E-state index in [2.05, 4.69) is 24.0 Å². The monoisotopic (exact) mass is 436 g/mol. The first kappa shape index (κ1) is 21.4. The van der Waals surface area contributed by atoms with Crippen LogP contribution in [0.3, 0.4) is 0 Å². The van der Waals surface area contributed by atoms with Gasteiger partial charge in [-0.15, -0.1) is 0 Å². The summed E-state index contributed by atoms with van der Waals surface area (Å²) in [6.07, 6.45) is 0.0650. The summed E-state index contributed by atoms with van der Waals surface area (Å²) in [7, 11) is 0. The average molecular weight is 436 g/mol. The molecule has 0 bridgehead atoms. The van der Waals surface area contributed by atoms with Gasteiger partial charge in [-0.1, -0.05) is 61.2 Å². The fraction of sp³-hybridized carbons (Fsp3) is 0.292. The average Bonchev–Trinajstić information content (AvgIpc) is 3.36. The molecule has 0 spiro atoms. The second-order valence-corrected chi connectivity index (χ2v) is 7.77. The van der Waals surface area contributed by atoms with Gasteiger partial charge in [0.05, 0.1) is 6.04 Å². The van der Waals surface area contributed by atoms with Gasteiger partial charge in [0, 0.05) is 18.9 Å². The zero-order valence-electron chi connectivity index (χ0n) is 17.4. The number of ether oxygens (including phenoxy) is 2. The van der Waals surface area contributed by atoms with Crippen LogP contribution in [0.1, 0.15) is 23.5 Å². The fourth-order valence-corrected chi connectivity index (χ4v) is 4.40. The third-order valence-electron chi connectivity index (χ3n) is 5.81. The molecule has 1 aliphatic carbocycles. The molecule has 4 rings (SSSR count).